The minimum atomic E-state index is -0.691. The monoisotopic (exact) mass is 493 g/mol. The Kier molecular flexibility index (Phi) is 4.83. The molecule has 0 saturated heterocycles. The van der Waals surface area contributed by atoms with E-state index in [9.17, 15) is 9.59 Å². The van der Waals surface area contributed by atoms with Crippen molar-refractivity contribution in [3.63, 3.8) is 0 Å². The van der Waals surface area contributed by atoms with Gasteiger partial charge >= 0.3 is 0 Å². The first kappa shape index (κ1) is 21.1. The fourth-order valence-corrected chi connectivity index (χ4v) is 4.87. The molecular weight excluding hydrogens is 477 g/mol. The summed E-state index contributed by atoms with van der Waals surface area (Å²) in [6.45, 7) is 2.28. The Morgan fingerprint density at radius 2 is 1.76 bits per heavy atom. The second kappa shape index (κ2) is 7.79. The average Bonchev–Trinajstić information content (AvgIpc) is 3.39. The van der Waals surface area contributed by atoms with Gasteiger partial charge < -0.3 is 18.8 Å². The molecule has 1 amide bonds. The van der Waals surface area contributed by atoms with Crippen LogP contribution in [0.15, 0.2) is 63.8 Å². The fraction of sp³-hybridized carbons (Fsp3) is 0.154. The molecule has 0 radical (unpaired) electrons. The summed E-state index contributed by atoms with van der Waals surface area (Å²) < 4.78 is 16.9. The Morgan fingerprint density at radius 1 is 0.941 bits per heavy atom. The Bertz CT molecular complexity index is 1560. The van der Waals surface area contributed by atoms with Crippen molar-refractivity contribution in [2.45, 2.75) is 19.5 Å². The lowest BCUT2D eigenvalue weighted by molar-refractivity contribution is 0.0714. The van der Waals surface area contributed by atoms with Gasteiger partial charge in [0.1, 0.15) is 5.58 Å². The Labute approximate surface area is 204 Å². The molecule has 0 spiro atoms. The van der Waals surface area contributed by atoms with E-state index in [2.05, 4.69) is 0 Å². The van der Waals surface area contributed by atoms with Gasteiger partial charge in [-0.3, -0.25) is 9.59 Å². The number of fused-ring (bicyclic) bond motifs is 3. The van der Waals surface area contributed by atoms with E-state index in [0.29, 0.717) is 43.6 Å². The molecular formula is C26H17Cl2NO5. The summed E-state index contributed by atoms with van der Waals surface area (Å²) in [5.74, 6) is 0.934. The molecule has 0 aliphatic carbocycles. The highest BCUT2D eigenvalue weighted by Gasteiger charge is 2.43. The van der Waals surface area contributed by atoms with Gasteiger partial charge in [0.2, 0.25) is 12.6 Å². The predicted octanol–water partition coefficient (Wildman–Crippen LogP) is 5.88. The van der Waals surface area contributed by atoms with Crippen LogP contribution in [0, 0.1) is 6.92 Å². The minimum absolute atomic E-state index is 0.0400. The van der Waals surface area contributed by atoms with E-state index in [0.717, 1.165) is 11.1 Å². The molecule has 6 rings (SSSR count). The van der Waals surface area contributed by atoms with Crippen molar-refractivity contribution in [1.82, 2.24) is 4.90 Å². The maximum Gasteiger partial charge on any atom is 0.291 e. The zero-order chi connectivity index (χ0) is 23.6. The van der Waals surface area contributed by atoms with Gasteiger partial charge in [-0.2, -0.15) is 0 Å². The third-order valence-corrected chi connectivity index (χ3v) is 6.91. The molecule has 0 saturated carbocycles. The van der Waals surface area contributed by atoms with E-state index in [1.807, 2.05) is 25.1 Å². The van der Waals surface area contributed by atoms with E-state index in [4.69, 9.17) is 37.1 Å². The van der Waals surface area contributed by atoms with Gasteiger partial charge in [-0.25, -0.2) is 0 Å². The van der Waals surface area contributed by atoms with Gasteiger partial charge in [0.05, 0.1) is 27.0 Å². The number of carbonyl (C=O) groups excluding carboxylic acids is 1. The van der Waals surface area contributed by atoms with Crippen LogP contribution in [-0.4, -0.2) is 17.6 Å². The van der Waals surface area contributed by atoms with Crippen molar-refractivity contribution in [3.8, 4) is 11.5 Å². The van der Waals surface area contributed by atoms with Crippen LogP contribution in [0.25, 0.3) is 11.0 Å². The number of hydrogen-bond acceptors (Lipinski definition) is 5. The van der Waals surface area contributed by atoms with Crippen LogP contribution in [0.2, 0.25) is 10.0 Å². The first-order chi connectivity index (χ1) is 16.4. The Balaban J connectivity index is 1.54. The zero-order valence-corrected chi connectivity index (χ0v) is 19.4. The van der Waals surface area contributed by atoms with E-state index in [1.165, 1.54) is 0 Å². The SMILES string of the molecule is Cc1ccc2oc3c(c(=O)c2c1)C(c1ccc(Cl)c(Cl)c1)N(Cc1ccc2c(c1)OCO2)C3=O. The number of benzene rings is 3. The fourth-order valence-electron chi connectivity index (χ4n) is 4.56. The summed E-state index contributed by atoms with van der Waals surface area (Å²) in [6, 6.07) is 15.3. The van der Waals surface area contributed by atoms with Crippen molar-refractivity contribution in [3.05, 3.63) is 103 Å². The smallest absolute Gasteiger partial charge is 0.291 e. The molecule has 2 aliphatic heterocycles. The summed E-state index contributed by atoms with van der Waals surface area (Å²) in [6.07, 6.45) is 0. The van der Waals surface area contributed by atoms with Crippen LogP contribution in [0.3, 0.4) is 0 Å². The molecule has 1 atom stereocenters. The number of halogens is 2. The summed E-state index contributed by atoms with van der Waals surface area (Å²) in [7, 11) is 0. The Morgan fingerprint density at radius 3 is 2.59 bits per heavy atom. The first-order valence-electron chi connectivity index (χ1n) is 10.6. The molecule has 0 bridgehead atoms. The van der Waals surface area contributed by atoms with Gasteiger partial charge in [-0.05, 0) is 54.4 Å². The van der Waals surface area contributed by atoms with Crippen LogP contribution < -0.4 is 14.9 Å². The number of ether oxygens (including phenoxy) is 2. The molecule has 34 heavy (non-hydrogen) atoms. The lowest BCUT2D eigenvalue weighted by Crippen LogP contribution is -2.29. The van der Waals surface area contributed by atoms with Crippen molar-refractivity contribution in [1.29, 1.82) is 0 Å². The van der Waals surface area contributed by atoms with Crippen LogP contribution in [-0.2, 0) is 6.54 Å². The lowest BCUT2D eigenvalue weighted by atomic mass is 9.98. The van der Waals surface area contributed by atoms with E-state index in [-0.39, 0.29) is 30.4 Å². The average molecular weight is 494 g/mol. The standard InChI is InChI=1S/C26H17Cl2NO5/c1-13-2-6-19-16(8-13)24(30)22-23(15-4-5-17(27)18(28)10-15)29(26(31)25(22)34-19)11-14-3-7-20-21(9-14)33-12-32-20/h2-10,23H,11-12H2,1H3. The van der Waals surface area contributed by atoms with Crippen LogP contribution in [0.4, 0.5) is 0 Å². The van der Waals surface area contributed by atoms with Crippen molar-refractivity contribution < 1.29 is 18.7 Å². The van der Waals surface area contributed by atoms with E-state index >= 15 is 0 Å². The zero-order valence-electron chi connectivity index (χ0n) is 17.9. The van der Waals surface area contributed by atoms with Crippen molar-refractivity contribution >= 4 is 40.1 Å². The van der Waals surface area contributed by atoms with E-state index < -0.39 is 6.04 Å². The summed E-state index contributed by atoms with van der Waals surface area (Å²) in [5, 5.41) is 1.16. The summed E-state index contributed by atoms with van der Waals surface area (Å²) in [5.41, 5.74) is 2.84. The minimum Gasteiger partial charge on any atom is -0.454 e. The molecule has 8 heteroatoms. The molecule has 0 fully saturated rings. The number of amides is 1. The topological polar surface area (TPSA) is 69.0 Å². The van der Waals surface area contributed by atoms with Gasteiger partial charge in [-0.1, -0.05) is 47.0 Å². The van der Waals surface area contributed by atoms with Crippen LogP contribution in [0.5, 0.6) is 11.5 Å². The number of carbonyl (C=O) groups is 1. The highest BCUT2D eigenvalue weighted by Crippen LogP contribution is 2.41. The third kappa shape index (κ3) is 3.25. The quantitative estimate of drug-likeness (QED) is 0.356. The van der Waals surface area contributed by atoms with Gasteiger partial charge in [0, 0.05) is 6.54 Å². The van der Waals surface area contributed by atoms with Crippen molar-refractivity contribution in [2.75, 3.05) is 6.79 Å². The molecule has 4 aromatic rings. The molecule has 1 unspecified atom stereocenters. The molecule has 0 N–H and O–H groups in total. The predicted molar refractivity (Wildman–Crippen MR) is 128 cm³/mol. The summed E-state index contributed by atoms with van der Waals surface area (Å²) in [4.78, 5) is 28.9. The van der Waals surface area contributed by atoms with Gasteiger partial charge in [0.15, 0.2) is 16.9 Å². The normalized spacial score (nSPS) is 16.4. The Hall–Kier alpha value is -3.48. The summed E-state index contributed by atoms with van der Waals surface area (Å²) >= 11 is 12.5. The highest BCUT2D eigenvalue weighted by molar-refractivity contribution is 6.42. The second-order valence-electron chi connectivity index (χ2n) is 8.37. The van der Waals surface area contributed by atoms with Crippen LogP contribution in [0.1, 0.15) is 38.9 Å². The van der Waals surface area contributed by atoms with E-state index in [1.54, 1.807) is 41.3 Å². The van der Waals surface area contributed by atoms with Crippen molar-refractivity contribution in [2.24, 2.45) is 0 Å². The number of hydrogen-bond donors (Lipinski definition) is 0. The molecule has 2 aliphatic rings. The van der Waals surface area contributed by atoms with Crippen LogP contribution >= 0.6 is 23.2 Å². The maximum absolute atomic E-state index is 13.7. The maximum atomic E-state index is 13.7. The molecule has 6 nitrogen and oxygen atoms in total. The second-order valence-corrected chi connectivity index (χ2v) is 9.18. The molecule has 3 aromatic carbocycles. The number of nitrogens with zero attached hydrogens (tertiary/aromatic N) is 1. The third-order valence-electron chi connectivity index (χ3n) is 6.17. The lowest BCUT2D eigenvalue weighted by Gasteiger charge is -2.25. The number of rotatable bonds is 3. The van der Waals surface area contributed by atoms with Gasteiger partial charge in [-0.15, -0.1) is 0 Å². The first-order valence-corrected chi connectivity index (χ1v) is 11.4. The largest absolute Gasteiger partial charge is 0.454 e. The molecule has 1 aromatic heterocycles. The number of aryl methyl sites for hydroxylation is 1. The molecule has 3 heterocycles. The molecule has 170 valence electrons. The van der Waals surface area contributed by atoms with Gasteiger partial charge in [0.25, 0.3) is 5.91 Å². The highest BCUT2D eigenvalue weighted by atomic mass is 35.5.